The molecule has 21 rings (SSSR count). The first-order valence-corrected chi connectivity index (χ1v) is 33.2. The Morgan fingerprint density at radius 1 is 0.646 bits per heavy atom. The number of nitrogens with one attached hydrogen (secondary N) is 1. The van der Waals surface area contributed by atoms with E-state index in [1.807, 2.05) is 78.2 Å². The van der Waals surface area contributed by atoms with Crippen LogP contribution in [0.1, 0.15) is 135 Å². The van der Waals surface area contributed by atoms with Gasteiger partial charge in [-0.15, -0.1) is 12.6 Å². The maximum absolute atomic E-state index is 13.6. The van der Waals surface area contributed by atoms with E-state index in [4.69, 9.17) is 33.2 Å². The summed E-state index contributed by atoms with van der Waals surface area (Å²) in [6, 6.07) is 26.9. The van der Waals surface area contributed by atoms with Crippen molar-refractivity contribution in [1.29, 1.82) is 0 Å². The number of piperidine rings is 2. The van der Waals surface area contributed by atoms with E-state index in [1.165, 1.54) is 86.1 Å². The number of non-ortho nitro benzene ring substituents is 1. The van der Waals surface area contributed by atoms with Crippen molar-refractivity contribution in [3.8, 4) is 28.7 Å². The molecule has 96 heavy (non-hydrogen) atoms. The fourth-order valence-corrected chi connectivity index (χ4v) is 19.0. The minimum atomic E-state index is -0.931. The number of hydrogen-bond donors (Lipinski definition) is 1. The van der Waals surface area contributed by atoms with Gasteiger partial charge in [-0.1, -0.05) is 55.3 Å². The summed E-state index contributed by atoms with van der Waals surface area (Å²) < 4.78 is 41.5. The van der Waals surface area contributed by atoms with Gasteiger partial charge in [0.05, 0.1) is 21.8 Å². The first-order valence-electron chi connectivity index (χ1n) is 33.2. The zero-order valence-corrected chi connectivity index (χ0v) is 56.3. The molecule has 2 saturated carbocycles. The van der Waals surface area contributed by atoms with Crippen LogP contribution in [0, 0.1) is 22.0 Å². The number of likely N-dealkylation sites (tertiary alicyclic amines) is 1. The summed E-state index contributed by atoms with van der Waals surface area (Å²) in [5, 5.41) is 18.8. The van der Waals surface area contributed by atoms with Crippen molar-refractivity contribution >= 4 is 29.9 Å². The largest absolute Gasteiger partial charge is 1.00 e. The van der Waals surface area contributed by atoms with Gasteiger partial charge in [0.2, 0.25) is 0 Å². The van der Waals surface area contributed by atoms with Gasteiger partial charge in [-0.05, 0) is 154 Å². The molecular formula is C73H74N9NaO13. The van der Waals surface area contributed by atoms with E-state index in [-0.39, 0.29) is 93.5 Å². The van der Waals surface area contributed by atoms with Gasteiger partial charge in [0.15, 0.2) is 35.2 Å². The minimum Gasteiger partial charge on any atom is -0.656 e. The number of aromatic nitrogens is 3. The van der Waals surface area contributed by atoms with Crippen LogP contribution in [0.25, 0.3) is 5.32 Å². The maximum atomic E-state index is 13.6. The molecule has 4 spiro atoms. The molecule has 1 amide bonds. The third-order valence-corrected chi connectivity index (χ3v) is 22.9. The summed E-state index contributed by atoms with van der Waals surface area (Å²) in [5.41, 5.74) is 7.39. The average Bonchev–Trinajstić information content (AvgIpc) is 1.45. The number of rotatable bonds is 9. The first-order chi connectivity index (χ1) is 46.1. The number of pyridine rings is 3. The number of nitrogens with zero attached hydrogens (tertiary/aromatic N) is 8. The van der Waals surface area contributed by atoms with E-state index in [2.05, 4.69) is 79.8 Å². The Morgan fingerprint density at radius 3 is 1.69 bits per heavy atom. The van der Waals surface area contributed by atoms with Crippen LogP contribution in [0.5, 0.6) is 28.7 Å². The fraction of sp³-hybridized carbons (Fsp3) is 0.438. The Labute approximate surface area is 577 Å². The number of nitro benzene ring substituents is 1. The van der Waals surface area contributed by atoms with Crippen LogP contribution in [0.3, 0.4) is 0 Å². The molecule has 22 nitrogen and oxygen atoms in total. The topological polar surface area (TPSA) is 251 Å². The molecule has 1 N–H and O–H groups in total. The summed E-state index contributed by atoms with van der Waals surface area (Å²) >= 11 is 0. The molecule has 0 unspecified atom stereocenters. The zero-order chi connectivity index (χ0) is 65.1. The van der Waals surface area contributed by atoms with E-state index in [9.17, 15) is 29.3 Å². The molecule has 15 atom stereocenters. The van der Waals surface area contributed by atoms with E-state index in [0.29, 0.717) is 53.7 Å². The van der Waals surface area contributed by atoms with Gasteiger partial charge >= 0.3 is 53.7 Å². The van der Waals surface area contributed by atoms with Crippen molar-refractivity contribution in [1.82, 2.24) is 35.0 Å². The third kappa shape index (κ3) is 10.1. The van der Waals surface area contributed by atoms with Crippen LogP contribution < -0.4 is 58.6 Å². The van der Waals surface area contributed by atoms with E-state index in [1.54, 1.807) is 18.5 Å². The third-order valence-electron chi connectivity index (χ3n) is 22.9. The molecule has 12 heterocycles. The molecule has 6 bridgehead atoms. The number of ether oxygens (including phenoxy) is 7. The van der Waals surface area contributed by atoms with Crippen LogP contribution >= 0.6 is 0 Å². The summed E-state index contributed by atoms with van der Waals surface area (Å²) in [7, 11) is 4.37. The van der Waals surface area contributed by atoms with Gasteiger partial charge in [-0.2, -0.15) is 0 Å². The average molecular weight is 1310 g/mol. The Balaban J connectivity index is 0.000000119. The van der Waals surface area contributed by atoms with Crippen molar-refractivity contribution in [3.63, 3.8) is 0 Å². The van der Waals surface area contributed by atoms with Crippen LogP contribution in [-0.4, -0.2) is 129 Å². The molecule has 0 radical (unpaired) electrons. The molecule has 3 aromatic heterocycles. The molecule has 9 fully saturated rings. The van der Waals surface area contributed by atoms with Crippen molar-refractivity contribution < 1.29 is 86.8 Å². The van der Waals surface area contributed by atoms with Crippen molar-refractivity contribution in [2.45, 2.75) is 155 Å². The number of nitro groups is 1. The quantitative estimate of drug-likeness (QED) is 0.0272. The second kappa shape index (κ2) is 24.8. The summed E-state index contributed by atoms with van der Waals surface area (Å²) in [4.78, 5) is 79.5. The molecule has 15 aliphatic rings. The number of amides is 1. The van der Waals surface area contributed by atoms with Gasteiger partial charge < -0.3 is 48.7 Å². The van der Waals surface area contributed by atoms with Crippen LogP contribution in [0.4, 0.5) is 15.3 Å². The SMILES string of the molecule is CC(=O)Oc1ccc2c3c1O[C@H]1[C@@H](OC(=O)N4CCC[C@H]4c4cccnc4)C=C[C@H]4[C@H]5C[C@@]2(C[C@@]341)N5C.CC(=O)Oc1ccc2c3c1O[C@H]1[C@@H](OC(=O)Oc4ccc([N+](=O)[O-])cc4)C=C[C@H]4[C@H]5C[C@@]2(C[C@@]341)N5C.[Na+].c1cncc([C@@H]2CCCN2)c1.c1cncc([C@@H]2CCC[N-]2)c1. The Kier molecular flexibility index (Phi) is 16.5. The first kappa shape index (κ1) is 63.9. The van der Waals surface area contributed by atoms with Crippen molar-refractivity contribution in [2.24, 2.45) is 11.8 Å². The Morgan fingerprint density at radius 2 is 1.20 bits per heavy atom. The second-order valence-electron chi connectivity index (χ2n) is 27.4. The second-order valence-corrected chi connectivity index (χ2v) is 27.4. The predicted molar refractivity (Wildman–Crippen MR) is 344 cm³/mol. The summed E-state index contributed by atoms with van der Waals surface area (Å²) in [5.74, 6) is 1.78. The molecule has 6 aliphatic carbocycles. The Bertz CT molecular complexity index is 4050. The molecule has 3 aromatic carbocycles. The molecular weight excluding hydrogens is 1230 g/mol. The Hall–Kier alpha value is -8.09. The molecule has 490 valence electrons. The minimum absolute atomic E-state index is 0. The van der Waals surface area contributed by atoms with Crippen LogP contribution in [0.2, 0.25) is 0 Å². The maximum Gasteiger partial charge on any atom is 1.00 e. The van der Waals surface area contributed by atoms with E-state index >= 15 is 0 Å². The number of esters is 2. The summed E-state index contributed by atoms with van der Waals surface area (Å²) in [6.07, 6.45) is 26.7. The molecule has 7 saturated heterocycles. The van der Waals surface area contributed by atoms with Gasteiger partial charge in [0.25, 0.3) is 5.69 Å². The predicted octanol–water partition coefficient (Wildman–Crippen LogP) is 8.26. The van der Waals surface area contributed by atoms with E-state index < -0.39 is 40.8 Å². The standard InChI is InChI=1S/C29H29N3O5.C26H22N2O8.C9H12N2.C9H11N2.Na/c1-16(33)35-22-9-8-19-24-25(22)37-26-23(10-7-18-21-13-28(19,31(21)2)15-29(18,24)26)36-27(34)32-12-4-6-20(32)17-5-3-11-30-14-17;1-13(29)33-19-9-8-17-21-22(19)36-23-20(35-24(30)34-15-5-3-14(4-6-15)28(31)32)10-7-16-18-11-25(17,27(18)2)12-26(16,21)23;2*1-3-8(7-10-5-1)9-4-2-6-11-9;/h3,5,7-11,14,18,20-21,23,26H,4,6,12-13,15H2,1-2H3;3-10,16,18,20,23H,11-12H2,1-2H3;1,3,5,7,9,11H,2,4,6H2;1,3,5,7,9H,2,4,6H2;/q;;;-1;+1/t18-,20-,21+,23-,26-,28-,29-;16-,18+,20-,23-,25-,26-;2*9-;/m0000./s1. The number of carbonyl (C=O) groups is 4. The molecule has 9 aliphatic heterocycles. The monoisotopic (exact) mass is 1310 g/mol. The van der Waals surface area contributed by atoms with Gasteiger partial charge in [-0.25, -0.2) is 9.59 Å². The normalized spacial score (nSPS) is 32.6. The van der Waals surface area contributed by atoms with Gasteiger partial charge in [0.1, 0.15) is 18.0 Å². The summed E-state index contributed by atoms with van der Waals surface area (Å²) in [6.45, 7) is 5.60. The van der Waals surface area contributed by atoms with Crippen molar-refractivity contribution in [3.05, 3.63) is 201 Å². The number of hydrogen-bond acceptors (Lipinski definition) is 19. The van der Waals surface area contributed by atoms with Crippen LogP contribution in [-0.2, 0) is 41.0 Å². The van der Waals surface area contributed by atoms with E-state index in [0.717, 1.165) is 68.3 Å². The molecule has 23 heteroatoms. The number of benzene rings is 3. The molecule has 6 aromatic rings. The van der Waals surface area contributed by atoms with Crippen LogP contribution in [0.15, 0.2) is 146 Å². The zero-order valence-electron chi connectivity index (χ0n) is 54.3. The van der Waals surface area contributed by atoms with Gasteiger partial charge in [-0.3, -0.25) is 44.5 Å². The fourth-order valence-electron chi connectivity index (χ4n) is 19.0. The van der Waals surface area contributed by atoms with Crippen molar-refractivity contribution in [2.75, 3.05) is 33.7 Å². The van der Waals surface area contributed by atoms with Gasteiger partial charge in [0, 0.05) is 122 Å². The smallest absolute Gasteiger partial charge is 0.656 e. The number of carbonyl (C=O) groups excluding carboxylic acids is 4.